The Labute approximate surface area is 159 Å². The number of carbonyl (C=O) groups is 1. The first-order chi connectivity index (χ1) is 12.5. The molecule has 0 saturated carbocycles. The Morgan fingerprint density at radius 3 is 2.65 bits per heavy atom. The van der Waals surface area contributed by atoms with Gasteiger partial charge in [-0.05, 0) is 17.4 Å². The normalized spacial score (nSPS) is 25.8. The lowest BCUT2D eigenvalue weighted by Crippen LogP contribution is -2.34. The molecule has 3 heterocycles. The third-order valence-corrected chi connectivity index (χ3v) is 6.66. The number of carbonyl (C=O) groups excluding carboxylic acids is 1. The Kier molecular flexibility index (Phi) is 4.84. The number of likely N-dealkylation sites (tertiary alicyclic amines) is 2. The molecule has 1 aromatic heterocycles. The number of amides is 1. The molecule has 0 spiro atoms. The monoisotopic (exact) mass is 369 g/mol. The van der Waals surface area contributed by atoms with Crippen molar-refractivity contribution in [1.29, 1.82) is 0 Å². The highest BCUT2D eigenvalue weighted by Crippen LogP contribution is 2.45. The maximum absolute atomic E-state index is 12.2. The van der Waals surface area contributed by atoms with Crippen molar-refractivity contribution < 1.29 is 4.79 Å². The zero-order valence-electron chi connectivity index (χ0n) is 15.8. The van der Waals surface area contributed by atoms with Crippen molar-refractivity contribution in [1.82, 2.24) is 14.8 Å². The number of rotatable bonds is 4. The molecule has 2 fully saturated rings. The van der Waals surface area contributed by atoms with Gasteiger partial charge in [0.25, 0.3) is 0 Å². The fourth-order valence-electron chi connectivity index (χ4n) is 4.52. The first-order valence-corrected chi connectivity index (χ1v) is 10.4. The number of nitrogens with zero attached hydrogens (tertiary/aromatic N) is 3. The molecule has 4 nitrogen and oxygen atoms in total. The summed E-state index contributed by atoms with van der Waals surface area (Å²) in [7, 11) is 0. The van der Waals surface area contributed by atoms with E-state index >= 15 is 0 Å². The molecule has 1 amide bonds. The van der Waals surface area contributed by atoms with Crippen LogP contribution < -0.4 is 0 Å². The lowest BCUT2D eigenvalue weighted by atomic mass is 9.89. The van der Waals surface area contributed by atoms with Gasteiger partial charge in [0.05, 0.1) is 18.3 Å². The minimum absolute atomic E-state index is 0.196. The third kappa shape index (κ3) is 3.30. The van der Waals surface area contributed by atoms with E-state index in [1.54, 1.807) is 18.3 Å². The Hall–Kier alpha value is -1.72. The third-order valence-electron chi connectivity index (χ3n) is 5.81. The number of benzene rings is 1. The first kappa shape index (κ1) is 17.7. The molecule has 26 heavy (non-hydrogen) atoms. The second-order valence-electron chi connectivity index (χ2n) is 7.97. The Balaban J connectivity index is 1.50. The average Bonchev–Trinajstić information content (AvgIpc) is 3.30. The van der Waals surface area contributed by atoms with Gasteiger partial charge in [-0.15, -0.1) is 11.3 Å². The number of fused-ring (bicyclic) bond motifs is 1. The molecule has 0 radical (unpaired) electrons. The van der Waals surface area contributed by atoms with Gasteiger partial charge in [-0.3, -0.25) is 9.69 Å². The molecule has 138 valence electrons. The molecule has 0 bridgehead atoms. The van der Waals surface area contributed by atoms with Gasteiger partial charge < -0.3 is 4.90 Å². The average molecular weight is 370 g/mol. The second-order valence-corrected chi connectivity index (χ2v) is 8.91. The van der Waals surface area contributed by atoms with E-state index in [-0.39, 0.29) is 11.9 Å². The quantitative estimate of drug-likeness (QED) is 0.820. The van der Waals surface area contributed by atoms with Crippen LogP contribution in [0, 0.1) is 11.8 Å². The van der Waals surface area contributed by atoms with Crippen molar-refractivity contribution in [2.24, 2.45) is 11.8 Å². The highest BCUT2D eigenvalue weighted by molar-refractivity contribution is 7.09. The molecule has 2 saturated heterocycles. The van der Waals surface area contributed by atoms with E-state index in [2.05, 4.69) is 53.3 Å². The molecule has 0 N–H and O–H groups in total. The maximum atomic E-state index is 12.2. The highest BCUT2D eigenvalue weighted by atomic mass is 32.1. The molecule has 2 aromatic rings. The summed E-state index contributed by atoms with van der Waals surface area (Å²) in [5.74, 6) is 1.77. The molecule has 0 unspecified atom stereocenters. The molecular weight excluding hydrogens is 342 g/mol. The molecule has 3 atom stereocenters. The number of hydrogen-bond acceptors (Lipinski definition) is 4. The van der Waals surface area contributed by atoms with E-state index in [1.807, 2.05) is 6.07 Å². The SMILES string of the molecule is CC(=O)N1C[C@H]2CN(Cc3nc(C(C)C)cs3)C[C@H]2[C@H]1c1ccccc1. The van der Waals surface area contributed by atoms with E-state index < -0.39 is 0 Å². The van der Waals surface area contributed by atoms with Crippen LogP contribution >= 0.6 is 11.3 Å². The fourth-order valence-corrected chi connectivity index (χ4v) is 5.52. The van der Waals surface area contributed by atoms with Gasteiger partial charge >= 0.3 is 0 Å². The van der Waals surface area contributed by atoms with E-state index in [1.165, 1.54) is 16.3 Å². The highest BCUT2D eigenvalue weighted by Gasteiger charge is 2.48. The van der Waals surface area contributed by atoms with Crippen LogP contribution in [0.3, 0.4) is 0 Å². The summed E-state index contributed by atoms with van der Waals surface area (Å²) in [5, 5.41) is 3.41. The molecule has 1 aromatic carbocycles. The first-order valence-electron chi connectivity index (χ1n) is 9.51. The zero-order valence-corrected chi connectivity index (χ0v) is 16.6. The van der Waals surface area contributed by atoms with Crippen molar-refractivity contribution in [2.75, 3.05) is 19.6 Å². The Bertz CT molecular complexity index is 773. The minimum atomic E-state index is 0.196. The van der Waals surface area contributed by atoms with Gasteiger partial charge in [0, 0.05) is 37.9 Å². The Morgan fingerprint density at radius 2 is 2.00 bits per heavy atom. The molecule has 0 aliphatic carbocycles. The van der Waals surface area contributed by atoms with Crippen LogP contribution in [0.15, 0.2) is 35.7 Å². The van der Waals surface area contributed by atoms with Crippen LogP contribution in [-0.2, 0) is 11.3 Å². The largest absolute Gasteiger partial charge is 0.335 e. The summed E-state index contributed by atoms with van der Waals surface area (Å²) in [6, 6.07) is 10.8. The van der Waals surface area contributed by atoms with Gasteiger partial charge in [0.1, 0.15) is 5.01 Å². The lowest BCUT2D eigenvalue weighted by molar-refractivity contribution is -0.130. The predicted octanol–water partition coefficient (Wildman–Crippen LogP) is 3.92. The summed E-state index contributed by atoms with van der Waals surface area (Å²) >= 11 is 1.78. The van der Waals surface area contributed by atoms with Crippen LogP contribution in [0.1, 0.15) is 49.0 Å². The standard InChI is InChI=1S/C21H27N3OS/c1-14(2)19-13-26-20(22-19)12-23-9-17-10-24(15(3)25)21(18(17)11-23)16-7-5-4-6-8-16/h4-8,13-14,17-18,21H,9-12H2,1-3H3/t17-,18-,21-/m1/s1. The summed E-state index contributed by atoms with van der Waals surface area (Å²) in [5.41, 5.74) is 2.47. The van der Waals surface area contributed by atoms with E-state index in [4.69, 9.17) is 4.98 Å². The molecule has 2 aliphatic rings. The zero-order chi connectivity index (χ0) is 18.3. The molecule has 5 heteroatoms. The number of hydrogen-bond donors (Lipinski definition) is 0. The second kappa shape index (κ2) is 7.12. The van der Waals surface area contributed by atoms with Crippen LogP contribution in [0.5, 0.6) is 0 Å². The van der Waals surface area contributed by atoms with Crippen molar-refractivity contribution in [3.8, 4) is 0 Å². The predicted molar refractivity (Wildman–Crippen MR) is 105 cm³/mol. The van der Waals surface area contributed by atoms with E-state index in [9.17, 15) is 4.79 Å². The smallest absolute Gasteiger partial charge is 0.219 e. The number of aromatic nitrogens is 1. The van der Waals surface area contributed by atoms with Gasteiger partial charge in [0.2, 0.25) is 5.91 Å². The van der Waals surface area contributed by atoms with E-state index in [0.29, 0.717) is 17.8 Å². The van der Waals surface area contributed by atoms with E-state index in [0.717, 1.165) is 26.2 Å². The van der Waals surface area contributed by atoms with Gasteiger partial charge in [-0.2, -0.15) is 0 Å². The van der Waals surface area contributed by atoms with Crippen molar-refractivity contribution in [2.45, 2.75) is 39.3 Å². The van der Waals surface area contributed by atoms with Crippen molar-refractivity contribution in [3.05, 3.63) is 52.0 Å². The van der Waals surface area contributed by atoms with Crippen LogP contribution in [0.2, 0.25) is 0 Å². The van der Waals surface area contributed by atoms with Crippen LogP contribution in [0.25, 0.3) is 0 Å². The van der Waals surface area contributed by atoms with Gasteiger partial charge in [-0.25, -0.2) is 4.98 Å². The summed E-state index contributed by atoms with van der Waals surface area (Å²) in [6.07, 6.45) is 0. The Morgan fingerprint density at radius 1 is 1.23 bits per heavy atom. The van der Waals surface area contributed by atoms with Crippen LogP contribution in [0.4, 0.5) is 0 Å². The molecule has 4 rings (SSSR count). The fraction of sp³-hybridized carbons (Fsp3) is 0.524. The number of thiazole rings is 1. The van der Waals surface area contributed by atoms with Gasteiger partial charge in [-0.1, -0.05) is 44.2 Å². The summed E-state index contributed by atoms with van der Waals surface area (Å²) in [4.78, 5) is 21.6. The maximum Gasteiger partial charge on any atom is 0.219 e. The topological polar surface area (TPSA) is 36.4 Å². The minimum Gasteiger partial charge on any atom is -0.335 e. The molecular formula is C21H27N3OS. The molecule has 2 aliphatic heterocycles. The summed E-state index contributed by atoms with van der Waals surface area (Å²) < 4.78 is 0. The van der Waals surface area contributed by atoms with Crippen molar-refractivity contribution >= 4 is 17.2 Å². The summed E-state index contributed by atoms with van der Waals surface area (Å²) in [6.45, 7) is 10.0. The van der Waals surface area contributed by atoms with Gasteiger partial charge in [0.15, 0.2) is 0 Å². The van der Waals surface area contributed by atoms with Crippen molar-refractivity contribution in [3.63, 3.8) is 0 Å². The lowest BCUT2D eigenvalue weighted by Gasteiger charge is -2.29. The van der Waals surface area contributed by atoms with Crippen LogP contribution in [-0.4, -0.2) is 40.3 Å².